The first-order chi connectivity index (χ1) is 13.4. The highest BCUT2D eigenvalue weighted by atomic mass is 19.1. The van der Waals surface area contributed by atoms with Gasteiger partial charge >= 0.3 is 0 Å². The second kappa shape index (κ2) is 8.97. The first-order valence-electron chi connectivity index (χ1n) is 9.46. The lowest BCUT2D eigenvalue weighted by molar-refractivity contribution is -0.120. The minimum absolute atomic E-state index is 0.00333. The summed E-state index contributed by atoms with van der Waals surface area (Å²) >= 11 is 0. The third-order valence-corrected chi connectivity index (χ3v) is 4.71. The SMILES string of the molecule is CC1CN(C(=O)c2ccc(CNC(=O)Cc3ccccc3F)cc2)CC(C)O1. The smallest absolute Gasteiger partial charge is 0.254 e. The molecule has 0 bridgehead atoms. The van der Waals surface area contributed by atoms with Crippen LogP contribution in [-0.4, -0.2) is 42.0 Å². The third-order valence-electron chi connectivity index (χ3n) is 4.71. The van der Waals surface area contributed by atoms with E-state index in [1.807, 2.05) is 30.9 Å². The van der Waals surface area contributed by atoms with Gasteiger partial charge in [-0.25, -0.2) is 4.39 Å². The van der Waals surface area contributed by atoms with Crippen LogP contribution in [0.1, 0.15) is 35.3 Å². The maximum atomic E-state index is 13.6. The third kappa shape index (κ3) is 5.16. The Bertz CT molecular complexity index is 828. The molecule has 0 radical (unpaired) electrons. The van der Waals surface area contributed by atoms with Crippen LogP contribution in [0.3, 0.4) is 0 Å². The largest absolute Gasteiger partial charge is 0.372 e. The van der Waals surface area contributed by atoms with E-state index < -0.39 is 0 Å². The van der Waals surface area contributed by atoms with E-state index in [-0.39, 0.29) is 36.3 Å². The Kier molecular flexibility index (Phi) is 6.41. The fraction of sp³-hybridized carbons (Fsp3) is 0.364. The van der Waals surface area contributed by atoms with E-state index in [4.69, 9.17) is 4.74 Å². The molecule has 1 N–H and O–H groups in total. The Hall–Kier alpha value is -2.73. The van der Waals surface area contributed by atoms with Crippen molar-refractivity contribution in [3.63, 3.8) is 0 Å². The van der Waals surface area contributed by atoms with Crippen molar-refractivity contribution in [2.24, 2.45) is 0 Å². The number of carbonyl (C=O) groups is 2. The summed E-state index contributed by atoms with van der Waals surface area (Å²) in [6.07, 6.45) is 0.0460. The average Bonchev–Trinajstić information content (AvgIpc) is 2.67. The molecule has 2 atom stereocenters. The van der Waals surface area contributed by atoms with Crippen LogP contribution in [0, 0.1) is 5.82 Å². The lowest BCUT2D eigenvalue weighted by Gasteiger charge is -2.35. The number of nitrogens with zero attached hydrogens (tertiary/aromatic N) is 1. The first-order valence-corrected chi connectivity index (χ1v) is 9.46. The molecule has 28 heavy (non-hydrogen) atoms. The van der Waals surface area contributed by atoms with Crippen molar-refractivity contribution < 1.29 is 18.7 Å². The molecule has 2 aromatic carbocycles. The van der Waals surface area contributed by atoms with Crippen molar-refractivity contribution in [2.45, 2.75) is 39.0 Å². The van der Waals surface area contributed by atoms with Crippen LogP contribution < -0.4 is 5.32 Å². The highest BCUT2D eigenvalue weighted by Gasteiger charge is 2.26. The van der Waals surface area contributed by atoms with Gasteiger partial charge in [-0.1, -0.05) is 30.3 Å². The molecule has 0 saturated carbocycles. The van der Waals surface area contributed by atoms with Crippen molar-refractivity contribution in [1.29, 1.82) is 0 Å². The number of hydrogen-bond acceptors (Lipinski definition) is 3. The van der Waals surface area contributed by atoms with E-state index >= 15 is 0 Å². The molecule has 2 aromatic rings. The monoisotopic (exact) mass is 384 g/mol. The van der Waals surface area contributed by atoms with Gasteiger partial charge in [-0.05, 0) is 43.2 Å². The van der Waals surface area contributed by atoms with E-state index in [0.717, 1.165) is 5.56 Å². The lowest BCUT2D eigenvalue weighted by atomic mass is 10.1. The maximum absolute atomic E-state index is 13.6. The molecule has 1 aliphatic heterocycles. The molecular formula is C22H25FN2O3. The van der Waals surface area contributed by atoms with Crippen LogP contribution in [0.15, 0.2) is 48.5 Å². The number of benzene rings is 2. The summed E-state index contributed by atoms with van der Waals surface area (Å²) in [5.41, 5.74) is 1.86. The topological polar surface area (TPSA) is 58.6 Å². The predicted octanol–water partition coefficient (Wildman–Crippen LogP) is 2.93. The van der Waals surface area contributed by atoms with Gasteiger partial charge in [-0.2, -0.15) is 0 Å². The molecule has 1 saturated heterocycles. The number of morpholine rings is 1. The van der Waals surface area contributed by atoms with E-state index in [2.05, 4.69) is 5.32 Å². The minimum Gasteiger partial charge on any atom is -0.372 e. The quantitative estimate of drug-likeness (QED) is 0.862. The zero-order chi connectivity index (χ0) is 20.1. The predicted molar refractivity (Wildman–Crippen MR) is 104 cm³/mol. The molecule has 1 aliphatic rings. The zero-order valence-electron chi connectivity index (χ0n) is 16.2. The second-order valence-corrected chi connectivity index (χ2v) is 7.21. The Morgan fingerprint density at radius 1 is 1.07 bits per heavy atom. The first kappa shape index (κ1) is 20.0. The maximum Gasteiger partial charge on any atom is 0.254 e. The number of nitrogens with one attached hydrogen (secondary N) is 1. The van der Waals surface area contributed by atoms with Crippen molar-refractivity contribution in [2.75, 3.05) is 13.1 Å². The molecule has 0 spiro atoms. The van der Waals surface area contributed by atoms with Crippen molar-refractivity contribution in [3.8, 4) is 0 Å². The van der Waals surface area contributed by atoms with Gasteiger partial charge in [0.15, 0.2) is 0 Å². The van der Waals surface area contributed by atoms with Gasteiger partial charge in [0, 0.05) is 25.2 Å². The van der Waals surface area contributed by atoms with E-state index in [9.17, 15) is 14.0 Å². The van der Waals surface area contributed by atoms with Gasteiger partial charge < -0.3 is 15.0 Å². The van der Waals surface area contributed by atoms with Crippen LogP contribution >= 0.6 is 0 Å². The number of ether oxygens (including phenoxy) is 1. The molecule has 6 heteroatoms. The molecule has 1 fully saturated rings. The normalized spacial score (nSPS) is 19.3. The Morgan fingerprint density at radius 3 is 2.36 bits per heavy atom. The van der Waals surface area contributed by atoms with Crippen molar-refractivity contribution in [1.82, 2.24) is 10.2 Å². The minimum atomic E-state index is -0.382. The average molecular weight is 384 g/mol. The number of halogens is 1. The number of hydrogen-bond donors (Lipinski definition) is 1. The Labute approximate surface area is 164 Å². The van der Waals surface area contributed by atoms with Crippen LogP contribution in [0.5, 0.6) is 0 Å². The molecule has 1 heterocycles. The van der Waals surface area contributed by atoms with Gasteiger partial charge in [0.1, 0.15) is 5.82 Å². The molecule has 0 aromatic heterocycles. The van der Waals surface area contributed by atoms with Gasteiger partial charge in [-0.3, -0.25) is 9.59 Å². The van der Waals surface area contributed by atoms with Gasteiger partial charge in [0.05, 0.1) is 18.6 Å². The van der Waals surface area contributed by atoms with Crippen LogP contribution in [0.4, 0.5) is 4.39 Å². The van der Waals surface area contributed by atoms with Crippen LogP contribution in [-0.2, 0) is 22.5 Å². The van der Waals surface area contributed by atoms with Crippen molar-refractivity contribution >= 4 is 11.8 Å². The second-order valence-electron chi connectivity index (χ2n) is 7.21. The summed E-state index contributed by atoms with van der Waals surface area (Å²) in [4.78, 5) is 26.5. The summed E-state index contributed by atoms with van der Waals surface area (Å²) in [6.45, 7) is 5.41. The molecule has 3 rings (SSSR count). The molecule has 0 aliphatic carbocycles. The summed E-state index contributed by atoms with van der Waals surface area (Å²) < 4.78 is 19.3. The fourth-order valence-corrected chi connectivity index (χ4v) is 3.37. The number of rotatable bonds is 5. The molecular weight excluding hydrogens is 359 g/mol. The molecule has 2 amide bonds. The summed E-state index contributed by atoms with van der Waals surface area (Å²) in [6, 6.07) is 13.4. The molecule has 2 unspecified atom stereocenters. The summed E-state index contributed by atoms with van der Waals surface area (Å²) in [5.74, 6) is -0.647. The van der Waals surface area contributed by atoms with Gasteiger partial charge in [-0.15, -0.1) is 0 Å². The molecule has 5 nitrogen and oxygen atoms in total. The van der Waals surface area contributed by atoms with E-state index in [1.54, 1.807) is 30.3 Å². The molecule has 148 valence electrons. The van der Waals surface area contributed by atoms with Crippen LogP contribution in [0.25, 0.3) is 0 Å². The summed E-state index contributed by atoms with van der Waals surface area (Å²) in [5, 5.41) is 2.78. The van der Waals surface area contributed by atoms with E-state index in [1.165, 1.54) is 6.07 Å². The Balaban J connectivity index is 1.53. The number of carbonyl (C=O) groups excluding carboxylic acids is 2. The highest BCUT2D eigenvalue weighted by molar-refractivity contribution is 5.94. The standard InChI is InChI=1S/C22H25FN2O3/c1-15-13-25(14-16(2)28-15)22(27)18-9-7-17(8-10-18)12-24-21(26)11-19-5-3-4-6-20(19)23/h3-10,15-16H,11-14H2,1-2H3,(H,24,26). The fourth-order valence-electron chi connectivity index (χ4n) is 3.37. The van der Waals surface area contributed by atoms with Crippen LogP contribution in [0.2, 0.25) is 0 Å². The highest BCUT2D eigenvalue weighted by Crippen LogP contribution is 2.15. The number of amides is 2. The van der Waals surface area contributed by atoms with E-state index in [0.29, 0.717) is 30.8 Å². The van der Waals surface area contributed by atoms with Crippen molar-refractivity contribution in [3.05, 3.63) is 71.0 Å². The lowest BCUT2D eigenvalue weighted by Crippen LogP contribution is -2.48. The van der Waals surface area contributed by atoms with Gasteiger partial charge in [0.2, 0.25) is 5.91 Å². The van der Waals surface area contributed by atoms with Gasteiger partial charge in [0.25, 0.3) is 5.91 Å². The zero-order valence-corrected chi connectivity index (χ0v) is 16.2. The summed E-state index contributed by atoms with van der Waals surface area (Å²) in [7, 11) is 0. The Morgan fingerprint density at radius 2 is 1.71 bits per heavy atom.